The maximum atomic E-state index is 14.2. The Morgan fingerprint density at radius 2 is 1.52 bits per heavy atom. The largest absolute Gasteiger partial charge is 0.444 e. The minimum atomic E-state index is -1.04. The molecule has 2 atom stereocenters. The summed E-state index contributed by atoms with van der Waals surface area (Å²) in [6.07, 6.45) is -0.570. The predicted molar refractivity (Wildman–Crippen MR) is 154 cm³/mol. The van der Waals surface area contributed by atoms with Crippen LogP contribution in [0.1, 0.15) is 49.1 Å². The van der Waals surface area contributed by atoms with Crippen LogP contribution in [0.3, 0.4) is 0 Å². The van der Waals surface area contributed by atoms with Crippen LogP contribution in [0.5, 0.6) is 0 Å². The number of hydrogen-bond acceptors (Lipinski definition) is 5. The molecule has 0 bridgehead atoms. The van der Waals surface area contributed by atoms with Gasteiger partial charge in [0, 0.05) is 19.5 Å². The van der Waals surface area contributed by atoms with E-state index < -0.39 is 35.6 Å². The molecule has 0 fully saturated rings. The number of aliphatic hydroxyl groups is 1. The van der Waals surface area contributed by atoms with Crippen molar-refractivity contribution in [3.63, 3.8) is 0 Å². The highest BCUT2D eigenvalue weighted by Crippen LogP contribution is 2.24. The van der Waals surface area contributed by atoms with E-state index in [0.29, 0.717) is 5.56 Å². The Kier molecular flexibility index (Phi) is 10.8. The number of amides is 3. The molecule has 0 aliphatic rings. The number of benzene rings is 3. The lowest BCUT2D eigenvalue weighted by molar-refractivity contribution is -0.143. The second-order valence-corrected chi connectivity index (χ2v) is 10.7. The van der Waals surface area contributed by atoms with Gasteiger partial charge in [-0.2, -0.15) is 0 Å². The number of carbonyl (C=O) groups excluding carboxylic acids is 3. The van der Waals surface area contributed by atoms with Crippen molar-refractivity contribution >= 4 is 17.9 Å². The summed E-state index contributed by atoms with van der Waals surface area (Å²) in [4.78, 5) is 42.0. The maximum Gasteiger partial charge on any atom is 0.408 e. The van der Waals surface area contributed by atoms with Crippen LogP contribution < -0.4 is 10.6 Å². The topological polar surface area (TPSA) is 108 Å². The Balaban J connectivity index is 1.97. The zero-order valence-corrected chi connectivity index (χ0v) is 23.6. The monoisotopic (exact) mass is 545 g/mol. The first-order valence-electron chi connectivity index (χ1n) is 13.4. The maximum absolute atomic E-state index is 14.2. The lowest BCUT2D eigenvalue weighted by Crippen LogP contribution is -2.54. The standard InChI is InChI=1S/C32H39N3O5/c1-23-12-11-17-26(20-23)28(29(37)33-22-25-15-9-6-10-16-25)35(18-19-36)30(38)27(21-24-13-7-5-8-14-24)34-31(39)40-32(2,3)4/h5-17,20,27-28,36H,18-19,21-22H2,1-4H3,(H,33,37)(H,34,39). The molecule has 3 rings (SSSR count). The SMILES string of the molecule is Cc1cccc(C(C(=O)NCc2ccccc2)N(CCO)C(=O)C(Cc2ccccc2)NC(=O)OC(C)(C)C)c1. The molecule has 212 valence electrons. The second-order valence-electron chi connectivity index (χ2n) is 10.7. The molecule has 40 heavy (non-hydrogen) atoms. The summed E-state index contributed by atoms with van der Waals surface area (Å²) in [5.41, 5.74) is 2.48. The van der Waals surface area contributed by atoms with Gasteiger partial charge in [0.25, 0.3) is 0 Å². The molecule has 0 aliphatic carbocycles. The molecular formula is C32H39N3O5. The van der Waals surface area contributed by atoms with Crippen molar-refractivity contribution in [2.24, 2.45) is 0 Å². The molecule has 8 nitrogen and oxygen atoms in total. The highest BCUT2D eigenvalue weighted by Gasteiger charge is 2.36. The van der Waals surface area contributed by atoms with Crippen LogP contribution >= 0.6 is 0 Å². The van der Waals surface area contributed by atoms with Gasteiger partial charge in [0.1, 0.15) is 17.7 Å². The van der Waals surface area contributed by atoms with Crippen LogP contribution in [0.2, 0.25) is 0 Å². The lowest BCUT2D eigenvalue weighted by Gasteiger charge is -2.34. The number of aliphatic hydroxyl groups excluding tert-OH is 1. The van der Waals surface area contributed by atoms with E-state index in [2.05, 4.69) is 10.6 Å². The smallest absolute Gasteiger partial charge is 0.408 e. The van der Waals surface area contributed by atoms with Crippen LogP contribution in [0.4, 0.5) is 4.79 Å². The van der Waals surface area contributed by atoms with E-state index in [4.69, 9.17) is 4.74 Å². The van der Waals surface area contributed by atoms with E-state index in [9.17, 15) is 19.5 Å². The number of nitrogens with zero attached hydrogens (tertiary/aromatic N) is 1. The Morgan fingerprint density at radius 1 is 0.900 bits per heavy atom. The molecule has 3 aromatic rings. The van der Waals surface area contributed by atoms with E-state index in [1.807, 2.05) is 85.8 Å². The van der Waals surface area contributed by atoms with Gasteiger partial charge in [-0.1, -0.05) is 90.5 Å². The van der Waals surface area contributed by atoms with Crippen molar-refractivity contribution in [2.45, 2.75) is 58.3 Å². The van der Waals surface area contributed by atoms with Gasteiger partial charge in [0.05, 0.1) is 6.61 Å². The van der Waals surface area contributed by atoms with Gasteiger partial charge in [-0.25, -0.2) is 4.79 Å². The molecule has 3 aromatic carbocycles. The number of nitrogens with one attached hydrogen (secondary N) is 2. The van der Waals surface area contributed by atoms with Crippen molar-refractivity contribution in [3.05, 3.63) is 107 Å². The molecule has 8 heteroatoms. The summed E-state index contributed by atoms with van der Waals surface area (Å²) in [6, 6.07) is 24.0. The van der Waals surface area contributed by atoms with E-state index in [1.165, 1.54) is 4.90 Å². The number of carbonyl (C=O) groups is 3. The zero-order valence-electron chi connectivity index (χ0n) is 23.6. The van der Waals surface area contributed by atoms with Gasteiger partial charge >= 0.3 is 6.09 Å². The van der Waals surface area contributed by atoms with Crippen molar-refractivity contribution < 1.29 is 24.2 Å². The van der Waals surface area contributed by atoms with Gasteiger partial charge < -0.3 is 25.4 Å². The Hall–Kier alpha value is -4.17. The quantitative estimate of drug-likeness (QED) is 0.333. The predicted octanol–water partition coefficient (Wildman–Crippen LogP) is 4.31. The number of rotatable bonds is 11. The third-order valence-corrected chi connectivity index (χ3v) is 6.12. The molecule has 3 amide bonds. The van der Waals surface area contributed by atoms with Crippen LogP contribution in [-0.4, -0.2) is 52.7 Å². The fraction of sp³-hybridized carbons (Fsp3) is 0.344. The second kappa shape index (κ2) is 14.3. The molecule has 2 unspecified atom stereocenters. The van der Waals surface area contributed by atoms with E-state index in [0.717, 1.165) is 16.7 Å². The highest BCUT2D eigenvalue weighted by atomic mass is 16.6. The third-order valence-electron chi connectivity index (χ3n) is 6.12. The van der Waals surface area contributed by atoms with Gasteiger partial charge in [0.2, 0.25) is 11.8 Å². The summed E-state index contributed by atoms with van der Waals surface area (Å²) in [5, 5.41) is 15.6. The average Bonchev–Trinajstić information content (AvgIpc) is 2.91. The molecule has 3 N–H and O–H groups in total. The minimum Gasteiger partial charge on any atom is -0.444 e. The Morgan fingerprint density at radius 3 is 2.10 bits per heavy atom. The first-order valence-corrected chi connectivity index (χ1v) is 13.4. The summed E-state index contributed by atoms with van der Waals surface area (Å²) < 4.78 is 5.44. The molecule has 0 saturated heterocycles. The van der Waals surface area contributed by atoms with Crippen molar-refractivity contribution in [1.82, 2.24) is 15.5 Å². The first kappa shape index (κ1) is 30.4. The minimum absolute atomic E-state index is 0.114. The zero-order chi connectivity index (χ0) is 29.1. The summed E-state index contributed by atoms with van der Waals surface area (Å²) >= 11 is 0. The van der Waals surface area contributed by atoms with E-state index >= 15 is 0 Å². The van der Waals surface area contributed by atoms with Crippen LogP contribution in [0.15, 0.2) is 84.9 Å². The molecule has 0 aliphatic heterocycles. The number of hydrogen-bond donors (Lipinski definition) is 3. The van der Waals surface area contributed by atoms with Crippen molar-refractivity contribution in [1.29, 1.82) is 0 Å². The average molecular weight is 546 g/mol. The Labute approximate surface area is 236 Å². The molecule has 0 heterocycles. The van der Waals surface area contributed by atoms with Crippen molar-refractivity contribution in [3.8, 4) is 0 Å². The fourth-order valence-corrected chi connectivity index (χ4v) is 4.37. The molecule has 0 spiro atoms. The van der Waals surface area contributed by atoms with E-state index in [1.54, 1.807) is 26.8 Å². The van der Waals surface area contributed by atoms with Gasteiger partial charge in [-0.3, -0.25) is 9.59 Å². The summed E-state index contributed by atoms with van der Waals surface area (Å²) in [7, 11) is 0. The molecule has 0 aromatic heterocycles. The number of aryl methyl sites for hydroxylation is 1. The molecule has 0 radical (unpaired) electrons. The lowest BCUT2D eigenvalue weighted by atomic mass is 9.99. The van der Waals surface area contributed by atoms with Crippen LogP contribution in [0, 0.1) is 6.92 Å². The van der Waals surface area contributed by atoms with Gasteiger partial charge in [0.15, 0.2) is 0 Å². The van der Waals surface area contributed by atoms with Crippen molar-refractivity contribution in [2.75, 3.05) is 13.2 Å². The fourth-order valence-electron chi connectivity index (χ4n) is 4.37. The Bertz CT molecular complexity index is 1260. The highest BCUT2D eigenvalue weighted by molar-refractivity contribution is 5.92. The van der Waals surface area contributed by atoms with Crippen LogP contribution in [0.25, 0.3) is 0 Å². The van der Waals surface area contributed by atoms with Gasteiger partial charge in [-0.05, 0) is 44.4 Å². The summed E-state index contributed by atoms with van der Waals surface area (Å²) in [5.74, 6) is -0.905. The number of ether oxygens (including phenoxy) is 1. The summed E-state index contributed by atoms with van der Waals surface area (Å²) in [6.45, 7) is 6.91. The van der Waals surface area contributed by atoms with Gasteiger partial charge in [-0.15, -0.1) is 0 Å². The first-order chi connectivity index (χ1) is 19.1. The normalized spacial score (nSPS) is 12.6. The molecular weight excluding hydrogens is 506 g/mol. The molecule has 0 saturated carbocycles. The van der Waals surface area contributed by atoms with E-state index in [-0.39, 0.29) is 26.1 Å². The van der Waals surface area contributed by atoms with Crippen LogP contribution in [-0.2, 0) is 27.3 Å². The number of alkyl carbamates (subject to hydrolysis) is 1. The third kappa shape index (κ3) is 9.24.